The molecule has 86 valence electrons. The summed E-state index contributed by atoms with van der Waals surface area (Å²) in [5.41, 5.74) is 22.7. The molecule has 0 saturated heterocycles. The van der Waals surface area contributed by atoms with Crippen LogP contribution < -0.4 is 22.9 Å². The standard InChI is InChI=1S/C10H26N4/c1-3-8(11)6-5-7-10(13,14)9(12)4-2/h8-9H,3-7,11-14H2,1-2H3. The zero-order valence-electron chi connectivity index (χ0n) is 9.50. The second kappa shape index (κ2) is 6.35. The third-order valence-electron chi connectivity index (χ3n) is 2.84. The highest BCUT2D eigenvalue weighted by Gasteiger charge is 2.25. The Kier molecular flexibility index (Phi) is 6.27. The highest BCUT2D eigenvalue weighted by Crippen LogP contribution is 2.12. The fourth-order valence-electron chi connectivity index (χ4n) is 1.44. The molecule has 0 aliphatic carbocycles. The first-order chi connectivity index (χ1) is 6.44. The lowest BCUT2D eigenvalue weighted by molar-refractivity contribution is 0.309. The van der Waals surface area contributed by atoms with Crippen LogP contribution in [0.1, 0.15) is 46.0 Å². The van der Waals surface area contributed by atoms with Crippen LogP contribution in [0.3, 0.4) is 0 Å². The molecular weight excluding hydrogens is 176 g/mol. The number of hydrogen-bond donors (Lipinski definition) is 4. The van der Waals surface area contributed by atoms with Crippen molar-refractivity contribution in [1.82, 2.24) is 0 Å². The zero-order valence-corrected chi connectivity index (χ0v) is 9.50. The minimum atomic E-state index is -0.734. The van der Waals surface area contributed by atoms with E-state index in [4.69, 9.17) is 22.9 Å². The van der Waals surface area contributed by atoms with Crippen LogP contribution in [0.5, 0.6) is 0 Å². The Labute approximate surface area is 87.4 Å². The molecule has 0 aromatic heterocycles. The maximum atomic E-state index is 5.91. The number of nitrogens with two attached hydrogens (primary N) is 4. The van der Waals surface area contributed by atoms with Gasteiger partial charge < -0.3 is 22.9 Å². The van der Waals surface area contributed by atoms with Gasteiger partial charge in [-0.15, -0.1) is 0 Å². The van der Waals surface area contributed by atoms with E-state index in [2.05, 4.69) is 6.92 Å². The van der Waals surface area contributed by atoms with Gasteiger partial charge in [0, 0.05) is 12.1 Å². The molecule has 0 aliphatic rings. The van der Waals surface area contributed by atoms with Gasteiger partial charge in [-0.05, 0) is 32.1 Å². The van der Waals surface area contributed by atoms with Crippen molar-refractivity contribution in [3.05, 3.63) is 0 Å². The van der Waals surface area contributed by atoms with E-state index in [0.29, 0.717) is 0 Å². The Morgan fingerprint density at radius 2 is 1.64 bits per heavy atom. The molecule has 0 aromatic carbocycles. The predicted molar refractivity (Wildman–Crippen MR) is 61.5 cm³/mol. The predicted octanol–water partition coefficient (Wildman–Crippen LogP) is 0.245. The van der Waals surface area contributed by atoms with Gasteiger partial charge >= 0.3 is 0 Å². The molecule has 0 heterocycles. The molecule has 4 nitrogen and oxygen atoms in total. The van der Waals surface area contributed by atoms with Crippen molar-refractivity contribution in [1.29, 1.82) is 0 Å². The van der Waals surface area contributed by atoms with Gasteiger partial charge in [0.15, 0.2) is 0 Å². The maximum absolute atomic E-state index is 5.91. The second-order valence-corrected chi connectivity index (χ2v) is 4.19. The van der Waals surface area contributed by atoms with E-state index in [1.807, 2.05) is 6.92 Å². The summed E-state index contributed by atoms with van der Waals surface area (Å²) in [7, 11) is 0. The topological polar surface area (TPSA) is 104 Å². The van der Waals surface area contributed by atoms with Gasteiger partial charge in [-0.1, -0.05) is 13.8 Å². The van der Waals surface area contributed by atoms with Crippen LogP contribution in [0.2, 0.25) is 0 Å². The van der Waals surface area contributed by atoms with E-state index >= 15 is 0 Å². The normalized spacial score (nSPS) is 16.7. The summed E-state index contributed by atoms with van der Waals surface area (Å²) in [4.78, 5) is 0. The highest BCUT2D eigenvalue weighted by atomic mass is 15.0. The van der Waals surface area contributed by atoms with Crippen LogP contribution in [0.15, 0.2) is 0 Å². The summed E-state index contributed by atoms with van der Waals surface area (Å²) >= 11 is 0. The average molecular weight is 202 g/mol. The van der Waals surface area contributed by atoms with Crippen molar-refractivity contribution in [2.45, 2.75) is 63.7 Å². The second-order valence-electron chi connectivity index (χ2n) is 4.19. The zero-order chi connectivity index (χ0) is 11.2. The van der Waals surface area contributed by atoms with Crippen LogP contribution in [-0.4, -0.2) is 17.7 Å². The van der Waals surface area contributed by atoms with Crippen molar-refractivity contribution in [3.8, 4) is 0 Å². The minimum Gasteiger partial charge on any atom is -0.328 e. The number of hydrogen-bond acceptors (Lipinski definition) is 4. The molecule has 0 radical (unpaired) electrons. The highest BCUT2D eigenvalue weighted by molar-refractivity contribution is 4.87. The summed E-state index contributed by atoms with van der Waals surface area (Å²) < 4.78 is 0. The Morgan fingerprint density at radius 3 is 2.07 bits per heavy atom. The van der Waals surface area contributed by atoms with E-state index in [-0.39, 0.29) is 12.1 Å². The van der Waals surface area contributed by atoms with Gasteiger partial charge in [0.2, 0.25) is 0 Å². The molecule has 0 saturated carbocycles. The smallest absolute Gasteiger partial charge is 0.0792 e. The quantitative estimate of drug-likeness (QED) is 0.444. The van der Waals surface area contributed by atoms with Gasteiger partial charge in [-0.2, -0.15) is 0 Å². The van der Waals surface area contributed by atoms with E-state index in [1.165, 1.54) is 0 Å². The van der Waals surface area contributed by atoms with E-state index in [0.717, 1.165) is 32.1 Å². The first-order valence-corrected chi connectivity index (χ1v) is 5.53. The minimum absolute atomic E-state index is 0.125. The third kappa shape index (κ3) is 4.91. The van der Waals surface area contributed by atoms with Crippen LogP contribution in [0.25, 0.3) is 0 Å². The van der Waals surface area contributed by atoms with Gasteiger partial charge in [0.05, 0.1) is 5.66 Å². The SMILES string of the molecule is CCC(N)CCCC(N)(N)C(N)CC. The van der Waals surface area contributed by atoms with Crippen LogP contribution in [-0.2, 0) is 0 Å². The lowest BCUT2D eigenvalue weighted by atomic mass is 9.93. The number of rotatable bonds is 7. The third-order valence-corrected chi connectivity index (χ3v) is 2.84. The molecule has 8 N–H and O–H groups in total. The maximum Gasteiger partial charge on any atom is 0.0792 e. The molecule has 0 bridgehead atoms. The molecule has 0 spiro atoms. The molecule has 2 atom stereocenters. The van der Waals surface area contributed by atoms with Gasteiger partial charge in [-0.25, -0.2) is 0 Å². The first-order valence-electron chi connectivity index (χ1n) is 5.53. The average Bonchev–Trinajstić information content (AvgIpc) is 2.15. The van der Waals surface area contributed by atoms with Crippen molar-refractivity contribution in [3.63, 3.8) is 0 Å². The van der Waals surface area contributed by atoms with Crippen LogP contribution in [0.4, 0.5) is 0 Å². The van der Waals surface area contributed by atoms with Crippen molar-refractivity contribution in [2.75, 3.05) is 0 Å². The van der Waals surface area contributed by atoms with Crippen LogP contribution >= 0.6 is 0 Å². The largest absolute Gasteiger partial charge is 0.328 e. The molecule has 14 heavy (non-hydrogen) atoms. The molecule has 0 aromatic rings. The summed E-state index contributed by atoms with van der Waals surface area (Å²) in [6.45, 7) is 4.08. The molecule has 0 rings (SSSR count). The summed E-state index contributed by atoms with van der Waals surface area (Å²) in [6, 6.07) is 0.143. The van der Waals surface area contributed by atoms with Crippen molar-refractivity contribution < 1.29 is 0 Å². The Hall–Kier alpha value is -0.160. The summed E-state index contributed by atoms with van der Waals surface area (Å²) in [5.74, 6) is 0. The van der Waals surface area contributed by atoms with Gasteiger partial charge in [-0.3, -0.25) is 0 Å². The lowest BCUT2D eigenvalue weighted by Crippen LogP contribution is -2.62. The Balaban J connectivity index is 3.76. The van der Waals surface area contributed by atoms with Gasteiger partial charge in [0.25, 0.3) is 0 Å². The van der Waals surface area contributed by atoms with Crippen LogP contribution in [0, 0.1) is 0 Å². The fraction of sp³-hybridized carbons (Fsp3) is 1.00. The van der Waals surface area contributed by atoms with Crippen molar-refractivity contribution >= 4 is 0 Å². The molecule has 0 amide bonds. The van der Waals surface area contributed by atoms with E-state index < -0.39 is 5.66 Å². The molecule has 4 heteroatoms. The summed E-state index contributed by atoms with van der Waals surface area (Å²) in [5, 5.41) is 0. The molecule has 0 aliphatic heterocycles. The first kappa shape index (κ1) is 13.8. The Morgan fingerprint density at radius 1 is 1.07 bits per heavy atom. The fourth-order valence-corrected chi connectivity index (χ4v) is 1.44. The molecular formula is C10H26N4. The Bertz CT molecular complexity index is 147. The molecule has 2 unspecified atom stereocenters. The van der Waals surface area contributed by atoms with E-state index in [1.54, 1.807) is 0 Å². The molecule has 0 fully saturated rings. The monoisotopic (exact) mass is 202 g/mol. The summed E-state index contributed by atoms with van der Waals surface area (Å²) in [6.07, 6.45) is 4.49. The van der Waals surface area contributed by atoms with Gasteiger partial charge in [0.1, 0.15) is 0 Å². The van der Waals surface area contributed by atoms with Crippen molar-refractivity contribution in [2.24, 2.45) is 22.9 Å². The van der Waals surface area contributed by atoms with E-state index in [9.17, 15) is 0 Å². The lowest BCUT2D eigenvalue weighted by Gasteiger charge is -2.30.